The number of anilines is 1. The van der Waals surface area contributed by atoms with Gasteiger partial charge in [-0.15, -0.1) is 10.2 Å². The van der Waals surface area contributed by atoms with Gasteiger partial charge in [0.1, 0.15) is 6.33 Å². The van der Waals surface area contributed by atoms with Crippen molar-refractivity contribution in [2.24, 2.45) is 0 Å². The monoisotopic (exact) mass is 344 g/mol. The maximum Gasteiger partial charge on any atom is 0.203 e. The summed E-state index contributed by atoms with van der Waals surface area (Å²) in [6, 6.07) is 4.13. The van der Waals surface area contributed by atoms with Gasteiger partial charge >= 0.3 is 0 Å². The minimum Gasteiger partial charge on any atom is -0.353 e. The van der Waals surface area contributed by atoms with E-state index in [2.05, 4.69) is 47.1 Å². The molecule has 1 atom stereocenters. The predicted octanol–water partition coefficient (Wildman–Crippen LogP) is 2.28. The maximum absolute atomic E-state index is 4.51. The summed E-state index contributed by atoms with van der Waals surface area (Å²) in [5.74, 6) is 1.33. The Hall–Kier alpha value is -2.02. The molecule has 1 fully saturated rings. The van der Waals surface area contributed by atoms with Gasteiger partial charge in [-0.1, -0.05) is 0 Å². The van der Waals surface area contributed by atoms with Gasteiger partial charge in [-0.3, -0.25) is 9.38 Å². The minimum atomic E-state index is 0.433. The van der Waals surface area contributed by atoms with E-state index in [1.165, 1.54) is 0 Å². The Morgan fingerprint density at radius 2 is 2.19 bits per heavy atom. The summed E-state index contributed by atoms with van der Waals surface area (Å²) in [5.41, 5.74) is 1.94. The average Bonchev–Trinajstić information content (AvgIpc) is 3.16. The number of rotatable bonds is 2. The van der Waals surface area contributed by atoms with Crippen molar-refractivity contribution in [3.8, 4) is 0 Å². The molecule has 7 heteroatoms. The SMILES string of the molecule is Brc1ccc(C2CCN(c3nccn4cnnc34)C2)nc1. The minimum absolute atomic E-state index is 0.433. The van der Waals surface area contributed by atoms with Gasteiger partial charge < -0.3 is 4.90 Å². The van der Waals surface area contributed by atoms with E-state index in [1.807, 2.05) is 22.9 Å². The van der Waals surface area contributed by atoms with Crippen LogP contribution in [0.25, 0.3) is 5.65 Å². The zero-order chi connectivity index (χ0) is 14.2. The smallest absolute Gasteiger partial charge is 0.203 e. The number of nitrogens with zero attached hydrogens (tertiary/aromatic N) is 6. The molecule has 21 heavy (non-hydrogen) atoms. The van der Waals surface area contributed by atoms with Crippen molar-refractivity contribution in [2.45, 2.75) is 12.3 Å². The predicted molar refractivity (Wildman–Crippen MR) is 82.3 cm³/mol. The normalized spacial score (nSPS) is 18.5. The molecule has 4 heterocycles. The number of halogens is 1. The van der Waals surface area contributed by atoms with Crippen LogP contribution in [0.5, 0.6) is 0 Å². The molecule has 1 aliphatic rings. The second-order valence-electron chi connectivity index (χ2n) is 5.15. The van der Waals surface area contributed by atoms with Crippen LogP contribution in [-0.4, -0.2) is 37.7 Å². The van der Waals surface area contributed by atoms with Crippen LogP contribution in [0.2, 0.25) is 0 Å². The average molecular weight is 345 g/mol. The summed E-state index contributed by atoms with van der Waals surface area (Å²) in [6.07, 6.45) is 8.28. The highest BCUT2D eigenvalue weighted by Crippen LogP contribution is 2.30. The van der Waals surface area contributed by atoms with Gasteiger partial charge in [0.05, 0.1) is 0 Å². The fourth-order valence-corrected chi connectivity index (χ4v) is 3.03. The standard InChI is InChI=1S/C14H13BrN6/c15-11-1-2-12(17-7-11)10-3-5-20(8-10)13-14-19-18-9-21(14)6-4-16-13/h1-2,4,6-7,9-10H,3,5,8H2. The molecule has 1 unspecified atom stereocenters. The summed E-state index contributed by atoms with van der Waals surface area (Å²) in [7, 11) is 0. The van der Waals surface area contributed by atoms with Crippen LogP contribution in [-0.2, 0) is 0 Å². The first-order valence-corrected chi connectivity index (χ1v) is 7.61. The van der Waals surface area contributed by atoms with Gasteiger partial charge in [0, 0.05) is 47.8 Å². The Labute approximate surface area is 130 Å². The zero-order valence-corrected chi connectivity index (χ0v) is 12.8. The van der Waals surface area contributed by atoms with Crippen molar-refractivity contribution in [3.63, 3.8) is 0 Å². The summed E-state index contributed by atoms with van der Waals surface area (Å²) >= 11 is 3.42. The lowest BCUT2D eigenvalue weighted by molar-refractivity contribution is 0.743. The van der Waals surface area contributed by atoms with Crippen LogP contribution in [0.4, 0.5) is 5.82 Å². The van der Waals surface area contributed by atoms with Crippen molar-refractivity contribution in [2.75, 3.05) is 18.0 Å². The molecule has 0 N–H and O–H groups in total. The first-order chi connectivity index (χ1) is 10.3. The molecule has 0 saturated carbocycles. The van der Waals surface area contributed by atoms with E-state index < -0.39 is 0 Å². The van der Waals surface area contributed by atoms with Crippen molar-refractivity contribution in [1.82, 2.24) is 24.6 Å². The van der Waals surface area contributed by atoms with Crippen molar-refractivity contribution in [1.29, 1.82) is 0 Å². The van der Waals surface area contributed by atoms with E-state index in [0.29, 0.717) is 5.92 Å². The Morgan fingerprint density at radius 1 is 1.24 bits per heavy atom. The first-order valence-electron chi connectivity index (χ1n) is 6.82. The van der Waals surface area contributed by atoms with E-state index in [4.69, 9.17) is 0 Å². The van der Waals surface area contributed by atoms with Crippen LogP contribution >= 0.6 is 15.9 Å². The third-order valence-electron chi connectivity index (χ3n) is 3.85. The van der Waals surface area contributed by atoms with Crippen LogP contribution in [0.1, 0.15) is 18.0 Å². The van der Waals surface area contributed by atoms with E-state index in [-0.39, 0.29) is 0 Å². The van der Waals surface area contributed by atoms with Crippen LogP contribution in [0.15, 0.2) is 41.5 Å². The number of hydrogen-bond donors (Lipinski definition) is 0. The highest BCUT2D eigenvalue weighted by Gasteiger charge is 2.27. The highest BCUT2D eigenvalue weighted by atomic mass is 79.9. The number of fused-ring (bicyclic) bond motifs is 1. The summed E-state index contributed by atoms with van der Waals surface area (Å²) in [6.45, 7) is 1.87. The first kappa shape index (κ1) is 12.7. The second kappa shape index (κ2) is 5.07. The fraction of sp³-hybridized carbons (Fsp3) is 0.286. The van der Waals surface area contributed by atoms with Gasteiger partial charge in [-0.05, 0) is 34.5 Å². The van der Waals surface area contributed by atoms with Crippen LogP contribution in [0, 0.1) is 0 Å². The lowest BCUT2D eigenvalue weighted by Gasteiger charge is -2.17. The van der Waals surface area contributed by atoms with E-state index in [0.717, 1.165) is 41.1 Å². The molecule has 3 aromatic rings. The summed E-state index contributed by atoms with van der Waals surface area (Å²) < 4.78 is 2.91. The van der Waals surface area contributed by atoms with Crippen molar-refractivity contribution in [3.05, 3.63) is 47.2 Å². The third-order valence-corrected chi connectivity index (χ3v) is 4.32. The molecule has 0 bridgehead atoms. The Morgan fingerprint density at radius 3 is 3.05 bits per heavy atom. The number of pyridine rings is 1. The molecule has 1 saturated heterocycles. The molecule has 0 aromatic carbocycles. The van der Waals surface area contributed by atoms with Crippen LogP contribution in [0.3, 0.4) is 0 Å². The Bertz CT molecular complexity index is 768. The second-order valence-corrected chi connectivity index (χ2v) is 6.06. The molecule has 3 aromatic heterocycles. The van der Waals surface area contributed by atoms with E-state index >= 15 is 0 Å². The zero-order valence-electron chi connectivity index (χ0n) is 11.2. The summed E-state index contributed by atoms with van der Waals surface area (Å²) in [5, 5.41) is 8.11. The molecule has 6 nitrogen and oxygen atoms in total. The third kappa shape index (κ3) is 2.27. The number of hydrogen-bond acceptors (Lipinski definition) is 5. The molecular weight excluding hydrogens is 332 g/mol. The van der Waals surface area contributed by atoms with Crippen molar-refractivity contribution >= 4 is 27.4 Å². The van der Waals surface area contributed by atoms with Gasteiger partial charge in [0.15, 0.2) is 5.82 Å². The molecule has 1 aliphatic heterocycles. The fourth-order valence-electron chi connectivity index (χ4n) is 2.79. The lowest BCUT2D eigenvalue weighted by Crippen LogP contribution is -2.21. The molecular formula is C14H13BrN6. The maximum atomic E-state index is 4.51. The molecule has 0 amide bonds. The molecule has 0 radical (unpaired) electrons. The molecule has 0 spiro atoms. The quantitative estimate of drug-likeness (QED) is 0.713. The topological polar surface area (TPSA) is 59.2 Å². The Kier molecular flexibility index (Phi) is 3.07. The van der Waals surface area contributed by atoms with E-state index in [9.17, 15) is 0 Å². The van der Waals surface area contributed by atoms with Gasteiger partial charge in [0.25, 0.3) is 0 Å². The molecule has 4 rings (SSSR count). The van der Waals surface area contributed by atoms with Gasteiger partial charge in [0.2, 0.25) is 5.65 Å². The Balaban J connectivity index is 1.61. The molecule has 106 valence electrons. The van der Waals surface area contributed by atoms with Crippen molar-refractivity contribution < 1.29 is 0 Å². The lowest BCUT2D eigenvalue weighted by atomic mass is 10.0. The molecule has 0 aliphatic carbocycles. The van der Waals surface area contributed by atoms with Gasteiger partial charge in [-0.2, -0.15) is 0 Å². The van der Waals surface area contributed by atoms with E-state index in [1.54, 1.807) is 12.5 Å². The van der Waals surface area contributed by atoms with Crippen LogP contribution < -0.4 is 4.90 Å². The summed E-state index contributed by atoms with van der Waals surface area (Å²) in [4.78, 5) is 11.3. The largest absolute Gasteiger partial charge is 0.353 e. The number of aromatic nitrogens is 5. The van der Waals surface area contributed by atoms with Gasteiger partial charge in [-0.25, -0.2) is 4.98 Å². The highest BCUT2D eigenvalue weighted by molar-refractivity contribution is 9.10.